The number of aromatic nitrogens is 4. The fourth-order valence-electron chi connectivity index (χ4n) is 1.53. The van der Waals surface area contributed by atoms with E-state index in [9.17, 15) is 26.3 Å². The third kappa shape index (κ3) is 5.81. The van der Waals surface area contributed by atoms with Crippen molar-refractivity contribution in [2.24, 2.45) is 0 Å². The first-order valence-corrected chi connectivity index (χ1v) is 7.13. The first kappa shape index (κ1) is 12.9. The molecule has 2 heterocycles. The van der Waals surface area contributed by atoms with Crippen LogP contribution in [0.2, 0.25) is 5.15 Å². The third-order valence-electron chi connectivity index (χ3n) is 2.73. The van der Waals surface area contributed by atoms with Crippen LogP contribution >= 0.6 is 11.6 Å². The topological polar surface area (TPSA) is 75.6 Å². The molecule has 2 aromatic heterocycles. The molecule has 0 saturated heterocycles. The Hall–Kier alpha value is -2.37. The molecule has 2 N–H and O–H groups in total. The Balaban J connectivity index is 2.65. The molecule has 2 rings (SSSR count). The fourth-order valence-corrected chi connectivity index (χ4v) is 1.68. The molecule has 0 fully saturated rings. The molecule has 148 valence electrons. The van der Waals surface area contributed by atoms with E-state index < -0.39 is 61.0 Å². The summed E-state index contributed by atoms with van der Waals surface area (Å²) in [5.74, 6) is -2.99. The van der Waals surface area contributed by atoms with Gasteiger partial charge in [0.1, 0.15) is 22.9 Å². The molecule has 2 unspecified atom stereocenters. The maximum Gasteiger partial charge on any atom is 0.408 e. The van der Waals surface area contributed by atoms with Gasteiger partial charge in [-0.2, -0.15) is 41.3 Å². The molecule has 0 aromatic carbocycles. The zero-order chi connectivity index (χ0) is 26.3. The van der Waals surface area contributed by atoms with E-state index in [0.29, 0.717) is 0 Å². The van der Waals surface area contributed by atoms with Crippen LogP contribution in [0.5, 0.6) is 0 Å². The minimum atomic E-state index is -5.37. The lowest BCUT2D eigenvalue weighted by molar-refractivity contribution is -0.139. The van der Waals surface area contributed by atoms with Crippen LogP contribution in [0.4, 0.5) is 38.2 Å². The second kappa shape index (κ2) is 7.71. The van der Waals surface area contributed by atoms with E-state index in [0.717, 1.165) is 12.1 Å². The molecule has 27 heavy (non-hydrogen) atoms. The highest BCUT2D eigenvalue weighted by molar-refractivity contribution is 6.29. The van der Waals surface area contributed by atoms with Gasteiger partial charge in [0.15, 0.2) is 5.82 Å². The lowest BCUT2D eigenvalue weighted by Crippen LogP contribution is -2.35. The van der Waals surface area contributed by atoms with Crippen molar-refractivity contribution in [3.63, 3.8) is 0 Å². The van der Waals surface area contributed by atoms with Gasteiger partial charge in [-0.3, -0.25) is 0 Å². The van der Waals surface area contributed by atoms with Gasteiger partial charge in [-0.1, -0.05) is 17.7 Å². The highest BCUT2D eigenvalue weighted by atomic mass is 35.5. The Kier molecular flexibility index (Phi) is 3.69. The van der Waals surface area contributed by atoms with Gasteiger partial charge in [0.2, 0.25) is 11.9 Å². The molecule has 0 spiro atoms. The molecule has 0 amide bonds. The van der Waals surface area contributed by atoms with Crippen molar-refractivity contribution in [1.29, 1.82) is 0 Å². The van der Waals surface area contributed by atoms with Gasteiger partial charge in [0.05, 0.1) is 1.37 Å². The largest absolute Gasteiger partial charge is 0.408 e. The minimum absolute atomic E-state index is 0.282. The lowest BCUT2D eigenvalue weighted by Gasteiger charge is -2.20. The lowest BCUT2D eigenvalue weighted by atomic mass is 10.3. The molecule has 0 radical (unpaired) electrons. The Morgan fingerprint density at radius 2 is 1.48 bits per heavy atom. The van der Waals surface area contributed by atoms with Crippen molar-refractivity contribution >= 4 is 23.5 Å². The van der Waals surface area contributed by atoms with E-state index in [1.54, 1.807) is 0 Å². The zero-order valence-electron chi connectivity index (χ0n) is 19.7. The molecule has 0 aliphatic rings. The van der Waals surface area contributed by atoms with Crippen molar-refractivity contribution in [1.82, 2.24) is 19.9 Å². The Labute approximate surface area is 164 Å². The van der Waals surface area contributed by atoms with E-state index in [-0.39, 0.29) is 11.7 Å². The van der Waals surface area contributed by atoms with Gasteiger partial charge < -0.3 is 10.6 Å². The summed E-state index contributed by atoms with van der Waals surface area (Å²) in [6.07, 6.45) is -10.7. The molecule has 2 aromatic rings. The summed E-state index contributed by atoms with van der Waals surface area (Å²) >= 11 is 5.70. The van der Waals surface area contributed by atoms with Crippen molar-refractivity contribution in [3.05, 3.63) is 23.3 Å². The normalized spacial score (nSPS) is 19.3. The fraction of sp³-hybridized carbons (Fsp3) is 0.429. The van der Waals surface area contributed by atoms with Crippen LogP contribution in [0.3, 0.4) is 0 Å². The van der Waals surface area contributed by atoms with Gasteiger partial charge in [-0.05, 0) is 25.8 Å². The van der Waals surface area contributed by atoms with Crippen LogP contribution in [0.15, 0.2) is 18.2 Å². The third-order valence-corrected chi connectivity index (χ3v) is 2.92. The number of halogens is 7. The molecule has 0 aliphatic heterocycles. The molecule has 6 nitrogen and oxygen atoms in total. The number of alkyl halides is 6. The van der Waals surface area contributed by atoms with Crippen molar-refractivity contribution in [2.45, 2.75) is 38.1 Å². The minimum Gasteiger partial charge on any atom is -0.343 e. The highest BCUT2D eigenvalue weighted by Gasteiger charge is 2.38. The number of rotatable bonds is 5. The first-order chi connectivity index (χ1) is 15.2. The Morgan fingerprint density at radius 3 is 1.89 bits per heavy atom. The van der Waals surface area contributed by atoms with E-state index in [2.05, 4.69) is 19.9 Å². The number of hydrogen-bond donors (Lipinski definition) is 2. The summed E-state index contributed by atoms with van der Waals surface area (Å²) in [6, 6.07) is -4.65. The van der Waals surface area contributed by atoms with Crippen LogP contribution in [-0.2, 0) is 0 Å². The van der Waals surface area contributed by atoms with Crippen molar-refractivity contribution in [2.75, 3.05) is 10.6 Å². The average Bonchev–Trinajstić information content (AvgIpc) is 2.62. The molecule has 2 atom stereocenters. The van der Waals surface area contributed by atoms with Crippen molar-refractivity contribution in [3.8, 4) is 11.5 Å². The second-order valence-corrected chi connectivity index (χ2v) is 5.17. The number of nitrogens with zero attached hydrogens (tertiary/aromatic N) is 4. The molecule has 0 saturated carbocycles. The van der Waals surface area contributed by atoms with Crippen LogP contribution < -0.4 is 10.6 Å². The monoisotopic (exact) mass is 421 g/mol. The summed E-state index contributed by atoms with van der Waals surface area (Å²) in [6.45, 7) is -7.36. The van der Waals surface area contributed by atoms with E-state index in [1.807, 2.05) is 0 Å². The van der Waals surface area contributed by atoms with E-state index in [4.69, 9.17) is 21.2 Å². The molecular formula is C14H13ClF6N6. The summed E-state index contributed by atoms with van der Waals surface area (Å²) in [5.41, 5.74) is -0.343. The number of anilines is 2. The van der Waals surface area contributed by atoms with Gasteiger partial charge in [0, 0.05) is 8.22 Å². The maximum absolute atomic E-state index is 13.3. The molecular weight excluding hydrogens is 402 g/mol. The van der Waals surface area contributed by atoms with Gasteiger partial charge >= 0.3 is 12.4 Å². The van der Waals surface area contributed by atoms with Crippen LogP contribution in [-0.4, -0.2) is 44.4 Å². The SMILES string of the molecule is [2H]c1ccc(-c2nc(NC(C([2H])([2H])[2H])C(F)(F)F)nc(NC(C([2H])([2H])[2H])C(F)(F)F)n2)nc1Cl. The maximum atomic E-state index is 13.3. The van der Waals surface area contributed by atoms with Gasteiger partial charge in [-0.15, -0.1) is 0 Å². The average molecular weight is 422 g/mol. The van der Waals surface area contributed by atoms with Gasteiger partial charge in [0.25, 0.3) is 0 Å². The van der Waals surface area contributed by atoms with Crippen LogP contribution in [0.1, 0.15) is 23.3 Å². The second-order valence-electron chi connectivity index (χ2n) is 4.81. The van der Waals surface area contributed by atoms with Crippen LogP contribution in [0.25, 0.3) is 11.5 Å². The summed E-state index contributed by atoms with van der Waals surface area (Å²) in [4.78, 5) is 14.1. The number of nitrogens with one attached hydrogen (secondary N) is 2. The summed E-state index contributed by atoms with van der Waals surface area (Å²) < 4.78 is 130. The standard InChI is InChI=1S/C14H13ClF6N6/c1-6(13(16,17)18)22-11-25-10(8-4-3-5-9(15)24-8)26-12(27-11)23-7(2)14(19,20)21/h3-7H,1-2H3,(H2,22,23,25,26,27)/i1D3,2D3,5D. The number of pyridine rings is 1. The smallest absolute Gasteiger partial charge is 0.343 e. The highest BCUT2D eigenvalue weighted by Crippen LogP contribution is 2.26. The summed E-state index contributed by atoms with van der Waals surface area (Å²) in [7, 11) is 0. The predicted octanol–water partition coefficient (Wildman–Crippen LogP) is 4.31. The Bertz CT molecular complexity index is 950. The molecule has 0 bridgehead atoms. The summed E-state index contributed by atoms with van der Waals surface area (Å²) in [5, 5.41) is 2.53. The quantitative estimate of drug-likeness (QED) is 0.553. The zero-order valence-corrected chi connectivity index (χ0v) is 13.5. The van der Waals surface area contributed by atoms with Crippen LogP contribution in [0, 0.1) is 0 Å². The van der Waals surface area contributed by atoms with Crippen molar-refractivity contribution < 1.29 is 35.9 Å². The molecule has 0 aliphatic carbocycles. The van der Waals surface area contributed by atoms with E-state index in [1.165, 1.54) is 10.6 Å². The first-order valence-electron chi connectivity index (χ1n) is 10.3. The Morgan fingerprint density at radius 1 is 0.963 bits per heavy atom. The predicted molar refractivity (Wildman–Crippen MR) is 86.3 cm³/mol. The number of hydrogen-bond acceptors (Lipinski definition) is 6. The molecule has 13 heteroatoms. The van der Waals surface area contributed by atoms with Gasteiger partial charge in [-0.25, -0.2) is 4.98 Å². The van der Waals surface area contributed by atoms with E-state index >= 15 is 0 Å².